The maximum atomic E-state index is 6.12. The van der Waals surface area contributed by atoms with Crippen LogP contribution in [0.5, 0.6) is 5.75 Å². The fourth-order valence-electron chi connectivity index (χ4n) is 2.01. The van der Waals surface area contributed by atoms with Gasteiger partial charge < -0.3 is 4.74 Å². The minimum absolute atomic E-state index is 0.475. The molecule has 0 radical (unpaired) electrons. The van der Waals surface area contributed by atoms with Gasteiger partial charge in [-0.15, -0.1) is 11.8 Å². The van der Waals surface area contributed by atoms with Crippen molar-refractivity contribution in [3.63, 3.8) is 0 Å². The molecule has 20 heavy (non-hydrogen) atoms. The Bertz CT molecular complexity index is 642. The lowest BCUT2D eigenvalue weighted by Crippen LogP contribution is -1.98. The number of hydrogen-bond donors (Lipinski definition) is 0. The summed E-state index contributed by atoms with van der Waals surface area (Å²) in [4.78, 5) is 4.48. The van der Waals surface area contributed by atoms with E-state index < -0.39 is 0 Å². The average Bonchev–Trinajstić information content (AvgIpc) is 3.01. The molecule has 2 aromatic carbocycles. The topological polar surface area (TPSA) is 21.6 Å². The summed E-state index contributed by atoms with van der Waals surface area (Å²) in [6, 6.07) is 15.8. The minimum atomic E-state index is 0.475. The van der Waals surface area contributed by atoms with Gasteiger partial charge in [-0.05, 0) is 18.2 Å². The zero-order chi connectivity index (χ0) is 13.8. The van der Waals surface area contributed by atoms with E-state index in [9.17, 15) is 0 Å². The van der Waals surface area contributed by atoms with Gasteiger partial charge in [0, 0.05) is 28.4 Å². The van der Waals surface area contributed by atoms with Crippen LogP contribution in [0.25, 0.3) is 0 Å². The van der Waals surface area contributed by atoms with E-state index in [-0.39, 0.29) is 0 Å². The third-order valence-corrected chi connectivity index (χ3v) is 4.41. The summed E-state index contributed by atoms with van der Waals surface area (Å²) in [6.07, 6.45) is 0. The van der Waals surface area contributed by atoms with Crippen molar-refractivity contribution in [2.75, 3.05) is 12.3 Å². The van der Waals surface area contributed by atoms with Crippen LogP contribution in [0.1, 0.15) is 11.1 Å². The van der Waals surface area contributed by atoms with Crippen molar-refractivity contribution >= 4 is 28.4 Å². The summed E-state index contributed by atoms with van der Waals surface area (Å²) in [7, 11) is 0. The number of aliphatic imine (C=N–C) groups is 1. The Labute approximate surface area is 127 Å². The van der Waals surface area contributed by atoms with Gasteiger partial charge in [0.15, 0.2) is 0 Å². The molecule has 0 N–H and O–H groups in total. The highest BCUT2D eigenvalue weighted by Gasteiger charge is 2.10. The maximum absolute atomic E-state index is 6.12. The molecular weight excluding hydrogens is 290 g/mol. The minimum Gasteiger partial charge on any atom is -0.489 e. The number of thioether (sulfide) groups is 1. The molecule has 0 saturated carbocycles. The lowest BCUT2D eigenvalue weighted by Gasteiger charge is -2.09. The monoisotopic (exact) mass is 303 g/mol. The Morgan fingerprint density at radius 1 is 1.15 bits per heavy atom. The van der Waals surface area contributed by atoms with Gasteiger partial charge in [-0.2, -0.15) is 0 Å². The highest BCUT2D eigenvalue weighted by atomic mass is 35.5. The van der Waals surface area contributed by atoms with Crippen molar-refractivity contribution in [2.45, 2.75) is 6.61 Å². The molecule has 2 nitrogen and oxygen atoms in total. The number of nitrogens with zero attached hydrogens (tertiary/aromatic N) is 1. The molecule has 0 bridgehead atoms. The smallest absolute Gasteiger partial charge is 0.120 e. The molecule has 0 amide bonds. The number of ether oxygens (including phenoxy) is 1. The molecule has 0 unspecified atom stereocenters. The molecular formula is C16H14ClNOS. The molecule has 0 saturated heterocycles. The van der Waals surface area contributed by atoms with Crippen LogP contribution in [0, 0.1) is 0 Å². The van der Waals surface area contributed by atoms with E-state index in [4.69, 9.17) is 16.3 Å². The SMILES string of the molecule is Clc1ccccc1COc1cccc(C2=NCCS2)c1. The summed E-state index contributed by atoms with van der Waals surface area (Å²) < 4.78 is 5.82. The van der Waals surface area contributed by atoms with E-state index >= 15 is 0 Å². The van der Waals surface area contributed by atoms with Crippen LogP contribution in [0.2, 0.25) is 5.02 Å². The van der Waals surface area contributed by atoms with Crippen molar-refractivity contribution < 1.29 is 4.74 Å². The summed E-state index contributed by atoms with van der Waals surface area (Å²) >= 11 is 7.92. The Morgan fingerprint density at radius 2 is 2.05 bits per heavy atom. The number of hydrogen-bond acceptors (Lipinski definition) is 3. The highest BCUT2D eigenvalue weighted by molar-refractivity contribution is 8.14. The molecule has 1 aliphatic heterocycles. The molecule has 2 aromatic rings. The van der Waals surface area contributed by atoms with Crippen LogP contribution in [0.3, 0.4) is 0 Å². The number of rotatable bonds is 4. The second kappa shape index (κ2) is 6.33. The van der Waals surface area contributed by atoms with Crippen molar-refractivity contribution in [1.29, 1.82) is 0 Å². The Morgan fingerprint density at radius 3 is 2.85 bits per heavy atom. The van der Waals surface area contributed by atoms with Gasteiger partial charge in [-0.1, -0.05) is 41.9 Å². The zero-order valence-electron chi connectivity index (χ0n) is 10.9. The largest absolute Gasteiger partial charge is 0.489 e. The quantitative estimate of drug-likeness (QED) is 0.834. The highest BCUT2D eigenvalue weighted by Crippen LogP contribution is 2.23. The van der Waals surface area contributed by atoms with Gasteiger partial charge in [0.2, 0.25) is 0 Å². The van der Waals surface area contributed by atoms with E-state index in [1.54, 1.807) is 11.8 Å². The molecule has 102 valence electrons. The van der Waals surface area contributed by atoms with Crippen molar-refractivity contribution in [1.82, 2.24) is 0 Å². The van der Waals surface area contributed by atoms with Gasteiger partial charge >= 0.3 is 0 Å². The van der Waals surface area contributed by atoms with Crippen molar-refractivity contribution in [2.24, 2.45) is 4.99 Å². The van der Waals surface area contributed by atoms with E-state index in [2.05, 4.69) is 11.1 Å². The summed E-state index contributed by atoms with van der Waals surface area (Å²) in [5.74, 6) is 1.91. The zero-order valence-corrected chi connectivity index (χ0v) is 12.5. The van der Waals surface area contributed by atoms with Crippen LogP contribution in [-0.2, 0) is 6.61 Å². The summed E-state index contributed by atoms with van der Waals surface area (Å²) in [6.45, 7) is 1.38. The molecule has 0 fully saturated rings. The molecule has 4 heteroatoms. The molecule has 0 aromatic heterocycles. The van der Waals surface area contributed by atoms with E-state index in [1.807, 2.05) is 42.5 Å². The first-order valence-corrected chi connectivity index (χ1v) is 7.83. The van der Waals surface area contributed by atoms with Crippen molar-refractivity contribution in [3.8, 4) is 5.75 Å². The Kier molecular flexibility index (Phi) is 4.28. The van der Waals surface area contributed by atoms with Gasteiger partial charge in [0.25, 0.3) is 0 Å². The van der Waals surface area contributed by atoms with E-state index in [0.29, 0.717) is 6.61 Å². The third kappa shape index (κ3) is 3.17. The molecule has 3 rings (SSSR count). The Balaban J connectivity index is 1.72. The number of halogens is 1. The standard InChI is InChI=1S/C16H14ClNOS/c17-15-7-2-1-4-13(15)11-19-14-6-3-5-12(10-14)16-18-8-9-20-16/h1-7,10H,8-9,11H2. The normalized spacial score (nSPS) is 14.2. The molecule has 0 aliphatic carbocycles. The van der Waals surface area contributed by atoms with E-state index in [1.165, 1.54) is 0 Å². The van der Waals surface area contributed by atoms with Crippen LogP contribution in [-0.4, -0.2) is 17.3 Å². The fourth-order valence-corrected chi connectivity index (χ4v) is 3.05. The second-order valence-corrected chi connectivity index (χ2v) is 5.93. The average molecular weight is 304 g/mol. The van der Waals surface area contributed by atoms with Gasteiger partial charge in [-0.3, -0.25) is 4.99 Å². The van der Waals surface area contributed by atoms with Crippen LogP contribution in [0.15, 0.2) is 53.5 Å². The second-order valence-electron chi connectivity index (χ2n) is 4.44. The first kappa shape index (κ1) is 13.5. The van der Waals surface area contributed by atoms with Crippen LogP contribution < -0.4 is 4.74 Å². The maximum Gasteiger partial charge on any atom is 0.120 e. The summed E-state index contributed by atoms with van der Waals surface area (Å²) in [5.41, 5.74) is 2.12. The predicted octanol–water partition coefficient (Wildman–Crippen LogP) is 4.41. The first-order valence-electron chi connectivity index (χ1n) is 6.47. The lowest BCUT2D eigenvalue weighted by atomic mass is 10.2. The van der Waals surface area contributed by atoms with Gasteiger partial charge in [-0.25, -0.2) is 0 Å². The fraction of sp³-hybridized carbons (Fsp3) is 0.188. The lowest BCUT2D eigenvalue weighted by molar-refractivity contribution is 0.306. The molecule has 1 heterocycles. The van der Waals surface area contributed by atoms with Crippen LogP contribution >= 0.6 is 23.4 Å². The summed E-state index contributed by atoms with van der Waals surface area (Å²) in [5, 5.41) is 1.84. The predicted molar refractivity (Wildman–Crippen MR) is 86.1 cm³/mol. The van der Waals surface area contributed by atoms with E-state index in [0.717, 1.165) is 39.2 Å². The first-order chi connectivity index (χ1) is 9.83. The van der Waals surface area contributed by atoms with Gasteiger partial charge in [0.1, 0.15) is 12.4 Å². The van der Waals surface area contributed by atoms with Gasteiger partial charge in [0.05, 0.1) is 5.04 Å². The molecule has 0 spiro atoms. The number of benzene rings is 2. The Hall–Kier alpha value is -1.45. The molecule has 1 aliphatic rings. The molecule has 0 atom stereocenters. The van der Waals surface area contributed by atoms with Crippen molar-refractivity contribution in [3.05, 3.63) is 64.7 Å². The van der Waals surface area contributed by atoms with Crippen LogP contribution in [0.4, 0.5) is 0 Å². The third-order valence-electron chi connectivity index (χ3n) is 3.02.